The summed E-state index contributed by atoms with van der Waals surface area (Å²) in [5.41, 5.74) is 0. The molecular formula is C12H15NO4. The molecule has 5 heteroatoms. The van der Waals surface area contributed by atoms with Crippen LogP contribution in [0.15, 0.2) is 0 Å². The normalized spacial score (nSPS) is 60.6. The van der Waals surface area contributed by atoms with E-state index in [1.165, 1.54) is 0 Å². The molecule has 5 aliphatic rings. The van der Waals surface area contributed by atoms with Crippen LogP contribution in [0.25, 0.3) is 0 Å². The molecule has 1 amide bonds. The van der Waals surface area contributed by atoms with Gasteiger partial charge in [0.25, 0.3) is 0 Å². The standard InChI is InChI=1S/C12H15NO4/c1-2-6(14)13-9-4-3-5-8-7(4)11(15-9)17-12(8)16-10(5)13/h4-5,7-12H,2-3H2,1H3. The van der Waals surface area contributed by atoms with E-state index < -0.39 is 0 Å². The summed E-state index contributed by atoms with van der Waals surface area (Å²) in [7, 11) is 0. The number of amides is 1. The number of carbonyl (C=O) groups is 1. The van der Waals surface area contributed by atoms with Gasteiger partial charge >= 0.3 is 0 Å². The fourth-order valence-corrected chi connectivity index (χ4v) is 4.77. The molecule has 8 atom stereocenters. The third kappa shape index (κ3) is 0.832. The highest BCUT2D eigenvalue weighted by molar-refractivity contribution is 5.76. The second-order valence-electron chi connectivity index (χ2n) is 5.80. The summed E-state index contributed by atoms with van der Waals surface area (Å²) in [4.78, 5) is 14.0. The number of hydrogen-bond acceptors (Lipinski definition) is 4. The van der Waals surface area contributed by atoms with E-state index in [9.17, 15) is 4.79 Å². The molecule has 4 saturated heterocycles. The highest BCUT2D eigenvalue weighted by atomic mass is 16.8. The van der Waals surface area contributed by atoms with Crippen LogP contribution in [0, 0.1) is 23.7 Å². The molecule has 0 aromatic carbocycles. The summed E-state index contributed by atoms with van der Waals surface area (Å²) in [6, 6.07) is 0. The number of ether oxygens (including phenoxy) is 3. The van der Waals surface area contributed by atoms with Crippen molar-refractivity contribution in [3.63, 3.8) is 0 Å². The van der Waals surface area contributed by atoms with Crippen LogP contribution in [0.1, 0.15) is 19.8 Å². The Bertz CT molecular complexity index is 385. The maximum absolute atomic E-state index is 12.1. The third-order valence-electron chi connectivity index (χ3n) is 5.29. The SMILES string of the molecule is CCC(=O)N1C2OC3OC4OC1C1CC2C3C41. The van der Waals surface area contributed by atoms with Crippen molar-refractivity contribution in [1.82, 2.24) is 4.90 Å². The molecule has 92 valence electrons. The number of piperidine rings is 1. The lowest BCUT2D eigenvalue weighted by Crippen LogP contribution is -2.55. The van der Waals surface area contributed by atoms with Gasteiger partial charge in [0.05, 0.1) is 0 Å². The van der Waals surface area contributed by atoms with Gasteiger partial charge in [0.15, 0.2) is 12.6 Å². The van der Waals surface area contributed by atoms with Crippen LogP contribution in [0.4, 0.5) is 0 Å². The quantitative estimate of drug-likeness (QED) is 0.666. The predicted octanol–water partition coefficient (Wildman–Crippen LogP) is 0.502. The molecule has 5 rings (SSSR count). The Hall–Kier alpha value is -0.650. The molecular weight excluding hydrogens is 222 g/mol. The molecule has 8 unspecified atom stereocenters. The van der Waals surface area contributed by atoms with Crippen molar-refractivity contribution in [2.75, 3.05) is 0 Å². The summed E-state index contributed by atoms with van der Waals surface area (Å²) >= 11 is 0. The molecule has 0 aromatic rings. The van der Waals surface area contributed by atoms with Gasteiger partial charge in [0.1, 0.15) is 12.5 Å². The van der Waals surface area contributed by atoms with Gasteiger partial charge in [-0.1, -0.05) is 6.92 Å². The molecule has 1 aliphatic carbocycles. The topological polar surface area (TPSA) is 48.0 Å². The monoisotopic (exact) mass is 237 g/mol. The maximum atomic E-state index is 12.1. The molecule has 0 aromatic heterocycles. The van der Waals surface area contributed by atoms with Crippen LogP contribution >= 0.6 is 0 Å². The molecule has 2 bridgehead atoms. The fourth-order valence-electron chi connectivity index (χ4n) is 4.77. The number of likely N-dealkylation sites (tertiary alicyclic amines) is 1. The average molecular weight is 237 g/mol. The molecule has 5 nitrogen and oxygen atoms in total. The first-order chi connectivity index (χ1) is 8.29. The molecule has 4 heterocycles. The number of hydrogen-bond donors (Lipinski definition) is 0. The second-order valence-corrected chi connectivity index (χ2v) is 5.80. The summed E-state index contributed by atoms with van der Waals surface area (Å²) in [6.07, 6.45) is 1.23. The van der Waals surface area contributed by atoms with Crippen molar-refractivity contribution >= 4 is 5.91 Å². The third-order valence-corrected chi connectivity index (χ3v) is 5.29. The highest BCUT2D eigenvalue weighted by Crippen LogP contribution is 2.65. The van der Waals surface area contributed by atoms with Gasteiger partial charge in [-0.05, 0) is 6.42 Å². The first-order valence-electron chi connectivity index (χ1n) is 6.57. The summed E-state index contributed by atoms with van der Waals surface area (Å²) in [6.45, 7) is 1.90. The molecule has 4 aliphatic heterocycles. The van der Waals surface area contributed by atoms with Crippen molar-refractivity contribution in [2.45, 2.75) is 44.8 Å². The molecule has 0 spiro atoms. The van der Waals surface area contributed by atoms with E-state index in [-0.39, 0.29) is 30.9 Å². The number of nitrogens with zero attached hydrogens (tertiary/aromatic N) is 1. The van der Waals surface area contributed by atoms with Crippen molar-refractivity contribution in [2.24, 2.45) is 23.7 Å². The molecule has 5 fully saturated rings. The van der Waals surface area contributed by atoms with Gasteiger partial charge in [-0.2, -0.15) is 0 Å². The Morgan fingerprint density at radius 3 is 2.24 bits per heavy atom. The predicted molar refractivity (Wildman–Crippen MR) is 54.1 cm³/mol. The van der Waals surface area contributed by atoms with Gasteiger partial charge in [-0.15, -0.1) is 0 Å². The van der Waals surface area contributed by atoms with Crippen LogP contribution in [0.5, 0.6) is 0 Å². The minimum absolute atomic E-state index is 0.0926. The Kier molecular flexibility index (Phi) is 1.47. The first kappa shape index (κ1) is 9.30. The van der Waals surface area contributed by atoms with Crippen LogP contribution in [0.2, 0.25) is 0 Å². The second kappa shape index (κ2) is 2.68. The Morgan fingerprint density at radius 2 is 1.71 bits per heavy atom. The lowest BCUT2D eigenvalue weighted by atomic mass is 9.91. The smallest absolute Gasteiger partial charge is 0.226 e. The molecule has 0 radical (unpaired) electrons. The summed E-state index contributed by atoms with van der Waals surface area (Å²) in [5.74, 6) is 2.05. The lowest BCUT2D eigenvalue weighted by molar-refractivity contribution is -0.289. The van der Waals surface area contributed by atoms with E-state index in [0.717, 1.165) is 6.42 Å². The van der Waals surface area contributed by atoms with Crippen molar-refractivity contribution in [3.8, 4) is 0 Å². The van der Waals surface area contributed by atoms with Gasteiger partial charge in [0.2, 0.25) is 5.91 Å². The average Bonchev–Trinajstić information content (AvgIpc) is 2.97. The Balaban J connectivity index is 1.66. The van der Waals surface area contributed by atoms with Crippen LogP contribution < -0.4 is 0 Å². The zero-order valence-electron chi connectivity index (χ0n) is 9.61. The highest BCUT2D eigenvalue weighted by Gasteiger charge is 2.74. The number of rotatable bonds is 1. The number of carbonyl (C=O) groups excluding carboxylic acids is 1. The van der Waals surface area contributed by atoms with Gasteiger partial charge < -0.3 is 14.2 Å². The van der Waals surface area contributed by atoms with Gasteiger partial charge in [-0.3, -0.25) is 9.69 Å². The minimum atomic E-state index is -0.126. The van der Waals surface area contributed by atoms with Crippen LogP contribution in [-0.4, -0.2) is 35.8 Å². The molecule has 17 heavy (non-hydrogen) atoms. The van der Waals surface area contributed by atoms with Crippen molar-refractivity contribution < 1.29 is 19.0 Å². The van der Waals surface area contributed by atoms with Crippen LogP contribution in [0.3, 0.4) is 0 Å². The lowest BCUT2D eigenvalue weighted by Gasteiger charge is -2.42. The van der Waals surface area contributed by atoms with Crippen LogP contribution in [-0.2, 0) is 19.0 Å². The molecule has 0 N–H and O–H groups in total. The Morgan fingerprint density at radius 1 is 1.12 bits per heavy atom. The van der Waals surface area contributed by atoms with E-state index >= 15 is 0 Å². The van der Waals surface area contributed by atoms with Crippen molar-refractivity contribution in [3.05, 3.63) is 0 Å². The zero-order chi connectivity index (χ0) is 11.3. The summed E-state index contributed by atoms with van der Waals surface area (Å²) in [5, 5.41) is 0. The Labute approximate surface area is 99.0 Å². The van der Waals surface area contributed by atoms with E-state index in [1.54, 1.807) is 0 Å². The summed E-state index contributed by atoms with van der Waals surface area (Å²) < 4.78 is 17.7. The van der Waals surface area contributed by atoms with E-state index in [4.69, 9.17) is 14.2 Å². The van der Waals surface area contributed by atoms with E-state index in [2.05, 4.69) is 0 Å². The van der Waals surface area contributed by atoms with Crippen molar-refractivity contribution in [1.29, 1.82) is 0 Å². The van der Waals surface area contributed by atoms with Gasteiger partial charge in [0, 0.05) is 30.1 Å². The van der Waals surface area contributed by atoms with E-state index in [1.807, 2.05) is 11.8 Å². The van der Waals surface area contributed by atoms with Gasteiger partial charge in [-0.25, -0.2) is 0 Å². The van der Waals surface area contributed by atoms with E-state index in [0.29, 0.717) is 30.1 Å². The first-order valence-corrected chi connectivity index (χ1v) is 6.57. The molecule has 1 saturated carbocycles. The largest absolute Gasteiger partial charge is 0.329 e. The maximum Gasteiger partial charge on any atom is 0.226 e. The minimum Gasteiger partial charge on any atom is -0.329 e. The zero-order valence-corrected chi connectivity index (χ0v) is 9.61. The fraction of sp³-hybridized carbons (Fsp3) is 0.917.